The Kier molecular flexibility index (Phi) is 5.32. The van der Waals surface area contributed by atoms with Crippen molar-refractivity contribution in [2.24, 2.45) is 0 Å². The largest absolute Gasteiger partial charge is 0.488 e. The highest BCUT2D eigenvalue weighted by Gasteiger charge is 2.21. The molecule has 0 fully saturated rings. The number of rotatable bonds is 9. The topological polar surface area (TPSA) is 54.7 Å². The number of hydrogen-bond acceptors (Lipinski definition) is 4. The lowest BCUT2D eigenvalue weighted by Crippen LogP contribution is -2.31. The van der Waals surface area contributed by atoms with Crippen molar-refractivity contribution in [3.8, 4) is 5.75 Å². The number of nitrogens with zero attached hydrogens (tertiary/aromatic N) is 1. The van der Waals surface area contributed by atoms with E-state index in [1.807, 2.05) is 12.1 Å². The van der Waals surface area contributed by atoms with Crippen LogP contribution in [0.25, 0.3) is 0 Å². The smallest absolute Gasteiger partial charge is 0.214 e. The van der Waals surface area contributed by atoms with Gasteiger partial charge in [0, 0.05) is 25.6 Å². The van der Waals surface area contributed by atoms with Crippen molar-refractivity contribution >= 4 is 12.1 Å². The molecule has 2 heterocycles. The third kappa shape index (κ3) is 4.13. The number of carbonyl (C=O) groups excluding carboxylic acids is 1. The first kappa shape index (κ1) is 15.6. The van der Waals surface area contributed by atoms with Gasteiger partial charge in [0.1, 0.15) is 18.1 Å². The molecule has 0 bridgehead atoms. The van der Waals surface area contributed by atoms with E-state index in [1.54, 1.807) is 23.5 Å². The van der Waals surface area contributed by atoms with Crippen LogP contribution in [0, 0.1) is 0 Å². The van der Waals surface area contributed by atoms with Gasteiger partial charge in [-0.2, -0.15) is 0 Å². The molecule has 1 amide bonds. The molecule has 1 unspecified atom stereocenters. The number of fused-ring (bicyclic) bond motifs is 1. The van der Waals surface area contributed by atoms with Crippen LogP contribution in [-0.4, -0.2) is 32.1 Å². The summed E-state index contributed by atoms with van der Waals surface area (Å²) in [6.45, 7) is 2.48. The summed E-state index contributed by atoms with van der Waals surface area (Å²) in [6, 6.07) is 10.0. The standard InChI is InChI=1S/C18H22N2O3/c21-14-20(16-7-10-22-13-16)9-4-3-8-19-12-17-11-15-5-1-2-6-18(15)23-17/h1-2,5-7,10,13-14,17,19H,3-4,8-9,11-12H2. The van der Waals surface area contributed by atoms with Crippen molar-refractivity contribution in [2.75, 3.05) is 24.5 Å². The van der Waals surface area contributed by atoms with Gasteiger partial charge in [-0.05, 0) is 31.0 Å². The van der Waals surface area contributed by atoms with E-state index < -0.39 is 0 Å². The Labute approximate surface area is 136 Å². The van der Waals surface area contributed by atoms with Crippen molar-refractivity contribution in [2.45, 2.75) is 25.4 Å². The van der Waals surface area contributed by atoms with E-state index in [-0.39, 0.29) is 6.10 Å². The lowest BCUT2D eigenvalue weighted by molar-refractivity contribution is -0.107. The molecule has 1 aliphatic heterocycles. The van der Waals surface area contributed by atoms with E-state index in [2.05, 4.69) is 17.4 Å². The molecule has 0 saturated heterocycles. The molecule has 1 aromatic carbocycles. The maximum atomic E-state index is 11.1. The summed E-state index contributed by atoms with van der Waals surface area (Å²) >= 11 is 0. The first-order valence-electron chi connectivity index (χ1n) is 8.06. The van der Waals surface area contributed by atoms with Gasteiger partial charge in [-0.15, -0.1) is 0 Å². The zero-order chi connectivity index (χ0) is 15.9. The molecule has 3 rings (SSSR count). The molecule has 5 nitrogen and oxygen atoms in total. The molecule has 1 N–H and O–H groups in total. The van der Waals surface area contributed by atoms with Crippen LogP contribution in [0.3, 0.4) is 0 Å². The van der Waals surface area contributed by atoms with Gasteiger partial charge in [-0.3, -0.25) is 4.79 Å². The first-order chi connectivity index (χ1) is 11.4. The van der Waals surface area contributed by atoms with E-state index in [0.717, 1.165) is 50.2 Å². The predicted molar refractivity (Wildman–Crippen MR) is 88.8 cm³/mol. The molecule has 1 aliphatic rings. The average molecular weight is 314 g/mol. The van der Waals surface area contributed by atoms with Crippen LogP contribution in [0.2, 0.25) is 0 Å². The zero-order valence-electron chi connectivity index (χ0n) is 13.1. The summed E-state index contributed by atoms with van der Waals surface area (Å²) in [5.74, 6) is 1.01. The molecule has 23 heavy (non-hydrogen) atoms. The molecule has 5 heteroatoms. The normalized spacial score (nSPS) is 15.9. The van der Waals surface area contributed by atoms with Gasteiger partial charge >= 0.3 is 0 Å². The maximum absolute atomic E-state index is 11.1. The number of furan rings is 1. The highest BCUT2D eigenvalue weighted by molar-refractivity contribution is 5.74. The van der Waals surface area contributed by atoms with Gasteiger partial charge in [0.2, 0.25) is 6.41 Å². The first-order valence-corrected chi connectivity index (χ1v) is 8.06. The number of unbranched alkanes of at least 4 members (excludes halogenated alkanes) is 1. The maximum Gasteiger partial charge on any atom is 0.214 e. The van der Waals surface area contributed by atoms with Crippen molar-refractivity contribution in [3.05, 3.63) is 48.4 Å². The Morgan fingerprint density at radius 3 is 2.96 bits per heavy atom. The van der Waals surface area contributed by atoms with Gasteiger partial charge in [0.05, 0.1) is 12.0 Å². The summed E-state index contributed by atoms with van der Waals surface area (Å²) in [7, 11) is 0. The second-order valence-corrected chi connectivity index (χ2v) is 5.74. The fraction of sp³-hybridized carbons (Fsp3) is 0.389. The zero-order valence-corrected chi connectivity index (χ0v) is 13.1. The number of ether oxygens (including phenoxy) is 1. The van der Waals surface area contributed by atoms with Crippen LogP contribution in [0.15, 0.2) is 47.3 Å². The Bertz CT molecular complexity index is 587. The second-order valence-electron chi connectivity index (χ2n) is 5.74. The van der Waals surface area contributed by atoms with Crippen molar-refractivity contribution in [1.82, 2.24) is 5.32 Å². The molecule has 0 spiro atoms. The lowest BCUT2D eigenvalue weighted by atomic mass is 10.1. The Hall–Kier alpha value is -2.27. The molecule has 0 saturated carbocycles. The lowest BCUT2D eigenvalue weighted by Gasteiger charge is -2.15. The summed E-state index contributed by atoms with van der Waals surface area (Å²) in [5, 5.41) is 3.44. The molecular weight excluding hydrogens is 292 g/mol. The van der Waals surface area contributed by atoms with Crippen LogP contribution >= 0.6 is 0 Å². The summed E-state index contributed by atoms with van der Waals surface area (Å²) in [4.78, 5) is 12.7. The van der Waals surface area contributed by atoms with E-state index >= 15 is 0 Å². The molecule has 0 radical (unpaired) electrons. The van der Waals surface area contributed by atoms with Crippen LogP contribution in [0.1, 0.15) is 18.4 Å². The van der Waals surface area contributed by atoms with Gasteiger partial charge < -0.3 is 19.4 Å². The minimum absolute atomic E-state index is 0.227. The molecule has 1 aromatic heterocycles. The van der Waals surface area contributed by atoms with Gasteiger partial charge in [0.25, 0.3) is 0 Å². The predicted octanol–water partition coefficient (Wildman–Crippen LogP) is 2.62. The molecule has 2 aromatic rings. The fourth-order valence-electron chi connectivity index (χ4n) is 2.83. The minimum Gasteiger partial charge on any atom is -0.488 e. The highest BCUT2D eigenvalue weighted by atomic mass is 16.5. The van der Waals surface area contributed by atoms with Crippen molar-refractivity contribution < 1.29 is 13.9 Å². The second kappa shape index (κ2) is 7.83. The summed E-state index contributed by atoms with van der Waals surface area (Å²) < 4.78 is 10.9. The molecule has 1 atom stereocenters. The van der Waals surface area contributed by atoms with Crippen LogP contribution in [-0.2, 0) is 11.2 Å². The number of hydrogen-bond donors (Lipinski definition) is 1. The minimum atomic E-state index is 0.227. The number of benzene rings is 1. The number of amides is 1. The third-order valence-corrected chi connectivity index (χ3v) is 4.05. The highest BCUT2D eigenvalue weighted by Crippen LogP contribution is 2.27. The van der Waals surface area contributed by atoms with E-state index in [9.17, 15) is 4.79 Å². The summed E-state index contributed by atoms with van der Waals surface area (Å²) in [6.07, 6.45) is 7.17. The number of anilines is 1. The van der Waals surface area contributed by atoms with Crippen molar-refractivity contribution in [3.63, 3.8) is 0 Å². The average Bonchev–Trinajstić information content (AvgIpc) is 3.23. The Morgan fingerprint density at radius 1 is 1.26 bits per heavy atom. The number of nitrogens with one attached hydrogen (secondary N) is 1. The number of carbonyl (C=O) groups is 1. The number of para-hydroxylation sites is 1. The van der Waals surface area contributed by atoms with Crippen LogP contribution < -0.4 is 15.0 Å². The Morgan fingerprint density at radius 2 is 2.17 bits per heavy atom. The molecule has 122 valence electrons. The van der Waals surface area contributed by atoms with E-state index in [4.69, 9.17) is 9.15 Å². The Balaban J connectivity index is 1.29. The fourth-order valence-corrected chi connectivity index (χ4v) is 2.83. The van der Waals surface area contributed by atoms with Crippen LogP contribution in [0.5, 0.6) is 5.75 Å². The monoisotopic (exact) mass is 314 g/mol. The van der Waals surface area contributed by atoms with E-state index in [1.165, 1.54) is 5.56 Å². The third-order valence-electron chi connectivity index (χ3n) is 4.05. The van der Waals surface area contributed by atoms with Gasteiger partial charge in [-0.25, -0.2) is 0 Å². The van der Waals surface area contributed by atoms with E-state index in [0.29, 0.717) is 6.54 Å². The van der Waals surface area contributed by atoms with Crippen LogP contribution in [0.4, 0.5) is 5.69 Å². The summed E-state index contributed by atoms with van der Waals surface area (Å²) in [5.41, 5.74) is 2.10. The molecular formula is C18H22N2O3. The van der Waals surface area contributed by atoms with Gasteiger partial charge in [0.15, 0.2) is 0 Å². The quantitative estimate of drug-likeness (QED) is 0.571. The molecule has 0 aliphatic carbocycles. The van der Waals surface area contributed by atoms with Crippen molar-refractivity contribution in [1.29, 1.82) is 0 Å². The van der Waals surface area contributed by atoms with Gasteiger partial charge in [-0.1, -0.05) is 18.2 Å². The SMILES string of the molecule is O=CN(CCCCNCC1Cc2ccccc2O1)c1ccoc1.